The molecule has 1 aliphatic rings. The molecule has 1 aromatic carbocycles. The zero-order valence-corrected chi connectivity index (χ0v) is 13.2. The van der Waals surface area contributed by atoms with Crippen molar-refractivity contribution in [3.05, 3.63) is 50.4 Å². The molecule has 106 valence electrons. The predicted molar refractivity (Wildman–Crippen MR) is 85.6 cm³/mol. The minimum absolute atomic E-state index is 0.751. The van der Waals surface area contributed by atoms with Gasteiger partial charge < -0.3 is 5.32 Å². The van der Waals surface area contributed by atoms with Gasteiger partial charge in [-0.15, -0.1) is 11.3 Å². The molecule has 4 heteroatoms. The number of aryl methyl sites for hydroxylation is 1. The van der Waals surface area contributed by atoms with Gasteiger partial charge in [-0.1, -0.05) is 30.7 Å². The lowest BCUT2D eigenvalue weighted by atomic mass is 10.2. The summed E-state index contributed by atoms with van der Waals surface area (Å²) in [5, 5.41) is 5.58. The fraction of sp³-hybridized carbons (Fsp3) is 0.438. The number of nitrogens with one attached hydrogen (secondary N) is 1. The Kier molecular flexibility index (Phi) is 4.39. The van der Waals surface area contributed by atoms with Gasteiger partial charge in [0.05, 0.1) is 10.7 Å². The Balaban J connectivity index is 1.70. The van der Waals surface area contributed by atoms with Crippen LogP contribution in [0.4, 0.5) is 0 Å². The molecule has 0 unspecified atom stereocenters. The molecule has 0 radical (unpaired) electrons. The van der Waals surface area contributed by atoms with Gasteiger partial charge in [-0.2, -0.15) is 0 Å². The summed E-state index contributed by atoms with van der Waals surface area (Å²) in [6.07, 6.45) is 4.58. The van der Waals surface area contributed by atoms with Gasteiger partial charge in [-0.3, -0.25) is 0 Å². The van der Waals surface area contributed by atoms with Crippen LogP contribution < -0.4 is 5.32 Å². The summed E-state index contributed by atoms with van der Waals surface area (Å²) < 4.78 is 0. The minimum Gasteiger partial charge on any atom is -0.309 e. The van der Waals surface area contributed by atoms with Crippen molar-refractivity contribution < 1.29 is 0 Å². The molecular formula is C16H19ClN2S. The zero-order valence-electron chi connectivity index (χ0n) is 11.7. The van der Waals surface area contributed by atoms with Crippen LogP contribution in [0.15, 0.2) is 24.3 Å². The number of halogens is 1. The van der Waals surface area contributed by atoms with Crippen molar-refractivity contribution in [3.8, 4) is 0 Å². The monoisotopic (exact) mass is 306 g/mol. The van der Waals surface area contributed by atoms with Crippen molar-refractivity contribution in [2.24, 2.45) is 0 Å². The van der Waals surface area contributed by atoms with E-state index in [1.54, 1.807) is 0 Å². The number of hydrogen-bond acceptors (Lipinski definition) is 3. The SMILES string of the molecule is CCc1nc(Cc2ccc(Cl)cc2)sc1CNC1CC1. The van der Waals surface area contributed by atoms with Gasteiger partial charge in [0.25, 0.3) is 0 Å². The summed E-state index contributed by atoms with van der Waals surface area (Å²) in [5.41, 5.74) is 2.53. The highest BCUT2D eigenvalue weighted by Crippen LogP contribution is 2.25. The lowest BCUT2D eigenvalue weighted by Gasteiger charge is -2.00. The Labute approximate surface area is 129 Å². The van der Waals surface area contributed by atoms with Crippen molar-refractivity contribution in [1.82, 2.24) is 10.3 Å². The molecule has 20 heavy (non-hydrogen) atoms. The second-order valence-electron chi connectivity index (χ2n) is 5.29. The van der Waals surface area contributed by atoms with Crippen molar-refractivity contribution in [2.45, 2.75) is 45.2 Å². The summed E-state index contributed by atoms with van der Waals surface area (Å²) in [6, 6.07) is 8.80. The number of rotatable bonds is 6. The summed E-state index contributed by atoms with van der Waals surface area (Å²) in [6.45, 7) is 3.16. The number of hydrogen-bond donors (Lipinski definition) is 1. The third-order valence-electron chi connectivity index (χ3n) is 3.55. The maximum Gasteiger partial charge on any atom is 0.0975 e. The van der Waals surface area contributed by atoms with Crippen molar-refractivity contribution in [2.75, 3.05) is 0 Å². The van der Waals surface area contributed by atoms with Crippen LogP contribution in [0.3, 0.4) is 0 Å². The molecule has 1 aliphatic carbocycles. The molecular weight excluding hydrogens is 288 g/mol. The Morgan fingerprint density at radius 3 is 2.70 bits per heavy atom. The van der Waals surface area contributed by atoms with Gasteiger partial charge in [0.15, 0.2) is 0 Å². The highest BCUT2D eigenvalue weighted by atomic mass is 35.5. The van der Waals surface area contributed by atoms with E-state index >= 15 is 0 Å². The summed E-state index contributed by atoms with van der Waals surface area (Å²) in [7, 11) is 0. The van der Waals surface area contributed by atoms with Crippen LogP contribution in [0.25, 0.3) is 0 Å². The second kappa shape index (κ2) is 6.25. The van der Waals surface area contributed by atoms with E-state index < -0.39 is 0 Å². The van der Waals surface area contributed by atoms with E-state index in [2.05, 4.69) is 24.4 Å². The number of thiazole rings is 1. The fourth-order valence-corrected chi connectivity index (χ4v) is 3.50. The largest absolute Gasteiger partial charge is 0.309 e. The van der Waals surface area contributed by atoms with E-state index in [0.717, 1.165) is 30.5 Å². The van der Waals surface area contributed by atoms with E-state index in [1.165, 1.54) is 34.0 Å². The molecule has 2 aromatic rings. The third-order valence-corrected chi connectivity index (χ3v) is 4.90. The van der Waals surface area contributed by atoms with Gasteiger partial charge >= 0.3 is 0 Å². The van der Waals surface area contributed by atoms with E-state index in [9.17, 15) is 0 Å². The highest BCUT2D eigenvalue weighted by molar-refractivity contribution is 7.11. The summed E-state index contributed by atoms with van der Waals surface area (Å²) in [4.78, 5) is 6.20. The average Bonchev–Trinajstić information content (AvgIpc) is 3.20. The van der Waals surface area contributed by atoms with Crippen LogP contribution in [-0.2, 0) is 19.4 Å². The molecule has 0 aliphatic heterocycles. The molecule has 0 amide bonds. The first-order chi connectivity index (χ1) is 9.74. The summed E-state index contributed by atoms with van der Waals surface area (Å²) >= 11 is 7.77. The minimum atomic E-state index is 0.751. The number of nitrogens with zero attached hydrogens (tertiary/aromatic N) is 1. The quantitative estimate of drug-likeness (QED) is 0.865. The fourth-order valence-electron chi connectivity index (χ4n) is 2.23. The molecule has 1 fully saturated rings. The molecule has 1 heterocycles. The lowest BCUT2D eigenvalue weighted by molar-refractivity contribution is 0.689. The highest BCUT2D eigenvalue weighted by Gasteiger charge is 2.21. The van der Waals surface area contributed by atoms with E-state index in [1.807, 2.05) is 23.5 Å². The van der Waals surface area contributed by atoms with Crippen molar-refractivity contribution >= 4 is 22.9 Å². The molecule has 3 rings (SSSR count). The molecule has 0 saturated heterocycles. The lowest BCUT2D eigenvalue weighted by Crippen LogP contribution is -2.15. The van der Waals surface area contributed by atoms with Crippen LogP contribution >= 0.6 is 22.9 Å². The maximum atomic E-state index is 5.92. The number of aromatic nitrogens is 1. The van der Waals surface area contributed by atoms with Gasteiger partial charge in [-0.05, 0) is 37.0 Å². The standard InChI is InChI=1S/C16H19ClN2S/c1-2-14-15(10-18-13-7-8-13)20-16(19-14)9-11-3-5-12(17)6-4-11/h3-6,13,18H,2,7-10H2,1H3. The molecule has 1 saturated carbocycles. The molecule has 1 aromatic heterocycles. The van der Waals surface area contributed by atoms with Crippen LogP contribution in [-0.4, -0.2) is 11.0 Å². The third kappa shape index (κ3) is 3.60. The first-order valence-electron chi connectivity index (χ1n) is 7.20. The van der Waals surface area contributed by atoms with E-state index in [4.69, 9.17) is 16.6 Å². The first-order valence-corrected chi connectivity index (χ1v) is 8.39. The first kappa shape index (κ1) is 14.1. The Bertz CT molecular complexity index is 573. The maximum absolute atomic E-state index is 5.92. The molecule has 0 atom stereocenters. The van der Waals surface area contributed by atoms with Gasteiger partial charge in [-0.25, -0.2) is 4.98 Å². The van der Waals surface area contributed by atoms with Crippen LogP contribution in [0.1, 0.15) is 40.9 Å². The van der Waals surface area contributed by atoms with Gasteiger partial charge in [0, 0.05) is 28.9 Å². The topological polar surface area (TPSA) is 24.9 Å². The molecule has 2 nitrogen and oxygen atoms in total. The summed E-state index contributed by atoms with van der Waals surface area (Å²) in [5.74, 6) is 0. The molecule has 1 N–H and O–H groups in total. The Morgan fingerprint density at radius 1 is 1.30 bits per heavy atom. The zero-order chi connectivity index (χ0) is 13.9. The van der Waals surface area contributed by atoms with Gasteiger partial charge in [0.2, 0.25) is 0 Å². The predicted octanol–water partition coefficient (Wildman–Crippen LogP) is 4.20. The molecule has 0 spiro atoms. The Morgan fingerprint density at radius 2 is 2.05 bits per heavy atom. The number of benzene rings is 1. The average molecular weight is 307 g/mol. The van der Waals surface area contributed by atoms with Crippen LogP contribution in [0.2, 0.25) is 5.02 Å². The van der Waals surface area contributed by atoms with Crippen LogP contribution in [0.5, 0.6) is 0 Å². The van der Waals surface area contributed by atoms with E-state index in [0.29, 0.717) is 0 Å². The van der Waals surface area contributed by atoms with E-state index in [-0.39, 0.29) is 0 Å². The van der Waals surface area contributed by atoms with Crippen LogP contribution in [0, 0.1) is 0 Å². The normalized spacial score (nSPS) is 14.7. The van der Waals surface area contributed by atoms with Crippen molar-refractivity contribution in [3.63, 3.8) is 0 Å². The smallest absolute Gasteiger partial charge is 0.0975 e. The van der Waals surface area contributed by atoms with Gasteiger partial charge in [0.1, 0.15) is 0 Å². The second-order valence-corrected chi connectivity index (χ2v) is 6.89. The Hall–Kier alpha value is -0.900. The van der Waals surface area contributed by atoms with Crippen molar-refractivity contribution in [1.29, 1.82) is 0 Å². The molecule has 0 bridgehead atoms.